The van der Waals surface area contributed by atoms with E-state index in [1.54, 1.807) is 43.3 Å². The highest BCUT2D eigenvalue weighted by Gasteiger charge is 2.10. The lowest BCUT2D eigenvalue weighted by atomic mass is 10.1. The van der Waals surface area contributed by atoms with Gasteiger partial charge in [-0.1, -0.05) is 46.9 Å². The molecule has 31 heavy (non-hydrogen) atoms. The third-order valence-corrected chi connectivity index (χ3v) is 5.00. The van der Waals surface area contributed by atoms with Crippen molar-refractivity contribution < 1.29 is 18.7 Å². The topological polar surface area (TPSA) is 92.9 Å². The number of benzene rings is 2. The zero-order valence-electron chi connectivity index (χ0n) is 16.1. The number of anilines is 1. The molecule has 0 saturated carbocycles. The van der Waals surface area contributed by atoms with Crippen LogP contribution in [0.1, 0.15) is 23.0 Å². The molecule has 10 heteroatoms. The molecular formula is C21H16Cl3N3O4. The normalized spacial score (nSPS) is 11.2. The van der Waals surface area contributed by atoms with E-state index in [-0.39, 0.29) is 39.1 Å². The number of hydrogen-bond acceptors (Lipinski definition) is 5. The summed E-state index contributed by atoms with van der Waals surface area (Å²) in [5.41, 5.74) is 4.31. The van der Waals surface area contributed by atoms with E-state index in [0.717, 1.165) is 5.56 Å². The predicted octanol–water partition coefficient (Wildman–Crippen LogP) is 5.41. The maximum Gasteiger partial charge on any atom is 0.291 e. The summed E-state index contributed by atoms with van der Waals surface area (Å²) in [6.45, 7) is 1.42. The van der Waals surface area contributed by atoms with E-state index in [1.165, 1.54) is 18.4 Å². The molecule has 3 rings (SSSR count). The smallest absolute Gasteiger partial charge is 0.291 e. The second-order valence-corrected chi connectivity index (χ2v) is 7.45. The summed E-state index contributed by atoms with van der Waals surface area (Å²) < 4.78 is 10.4. The number of halogens is 3. The first-order valence-electron chi connectivity index (χ1n) is 8.89. The van der Waals surface area contributed by atoms with Gasteiger partial charge < -0.3 is 14.5 Å². The van der Waals surface area contributed by atoms with Crippen LogP contribution in [-0.2, 0) is 4.79 Å². The minimum absolute atomic E-state index is 0.217. The van der Waals surface area contributed by atoms with E-state index >= 15 is 0 Å². The van der Waals surface area contributed by atoms with Crippen LogP contribution in [0.15, 0.2) is 64.3 Å². The number of amides is 2. The second-order valence-electron chi connectivity index (χ2n) is 6.23. The second kappa shape index (κ2) is 10.3. The van der Waals surface area contributed by atoms with Crippen molar-refractivity contribution in [2.24, 2.45) is 5.10 Å². The van der Waals surface area contributed by atoms with Crippen molar-refractivity contribution >= 4 is 58.0 Å². The van der Waals surface area contributed by atoms with Crippen molar-refractivity contribution in [3.63, 3.8) is 0 Å². The van der Waals surface area contributed by atoms with Gasteiger partial charge in [-0.15, -0.1) is 0 Å². The minimum Gasteiger partial charge on any atom is -0.482 e. The van der Waals surface area contributed by atoms with Gasteiger partial charge >= 0.3 is 0 Å². The average molecular weight is 481 g/mol. The Kier molecular flexibility index (Phi) is 7.57. The summed E-state index contributed by atoms with van der Waals surface area (Å²) in [6.07, 6.45) is 1.43. The van der Waals surface area contributed by atoms with E-state index in [4.69, 9.17) is 44.0 Å². The summed E-state index contributed by atoms with van der Waals surface area (Å²) in [7, 11) is 0. The zero-order chi connectivity index (χ0) is 22.4. The number of hydrogen-bond donors (Lipinski definition) is 2. The lowest BCUT2D eigenvalue weighted by Gasteiger charge is -2.09. The molecule has 0 aliphatic rings. The summed E-state index contributed by atoms with van der Waals surface area (Å²) in [5, 5.41) is 7.55. The summed E-state index contributed by atoms with van der Waals surface area (Å²) >= 11 is 17.8. The van der Waals surface area contributed by atoms with E-state index in [2.05, 4.69) is 15.8 Å². The fraction of sp³-hybridized carbons (Fsp3) is 0.0952. The van der Waals surface area contributed by atoms with Crippen LogP contribution in [-0.4, -0.2) is 24.1 Å². The van der Waals surface area contributed by atoms with Crippen molar-refractivity contribution in [2.45, 2.75) is 6.92 Å². The average Bonchev–Trinajstić information content (AvgIpc) is 3.29. The predicted molar refractivity (Wildman–Crippen MR) is 120 cm³/mol. The lowest BCUT2D eigenvalue weighted by molar-refractivity contribution is -0.123. The van der Waals surface area contributed by atoms with Crippen molar-refractivity contribution in [3.05, 3.63) is 81.2 Å². The Morgan fingerprint density at radius 1 is 1.03 bits per heavy atom. The van der Waals surface area contributed by atoms with Crippen LogP contribution in [0.5, 0.6) is 5.75 Å². The van der Waals surface area contributed by atoms with Gasteiger partial charge in [0.2, 0.25) is 0 Å². The molecule has 1 heterocycles. The Morgan fingerprint density at radius 3 is 2.42 bits per heavy atom. The highest BCUT2D eigenvalue weighted by atomic mass is 35.5. The van der Waals surface area contributed by atoms with Crippen LogP contribution < -0.4 is 15.5 Å². The molecule has 0 atom stereocenters. The Labute approximate surface area is 192 Å². The van der Waals surface area contributed by atoms with Gasteiger partial charge in [0.15, 0.2) is 12.4 Å². The van der Waals surface area contributed by atoms with Crippen LogP contribution >= 0.6 is 34.8 Å². The van der Waals surface area contributed by atoms with Crippen molar-refractivity contribution in [3.8, 4) is 5.75 Å². The lowest BCUT2D eigenvalue weighted by Crippen LogP contribution is -2.25. The summed E-state index contributed by atoms with van der Waals surface area (Å²) in [6, 6.07) is 13.0. The fourth-order valence-corrected chi connectivity index (χ4v) is 2.99. The van der Waals surface area contributed by atoms with E-state index in [1.807, 2.05) is 0 Å². The first-order valence-corrected chi connectivity index (χ1v) is 10.0. The first kappa shape index (κ1) is 22.7. The number of nitrogens with one attached hydrogen (secondary N) is 2. The number of hydrazone groups is 1. The molecule has 2 N–H and O–H groups in total. The molecule has 0 bridgehead atoms. The minimum atomic E-state index is -0.483. The number of ether oxygens (including phenoxy) is 1. The van der Waals surface area contributed by atoms with E-state index in [9.17, 15) is 9.59 Å². The summed E-state index contributed by atoms with van der Waals surface area (Å²) in [5.74, 6) is -0.380. The molecule has 0 aliphatic heterocycles. The Morgan fingerprint density at radius 2 is 1.74 bits per heavy atom. The molecule has 160 valence electrons. The zero-order valence-corrected chi connectivity index (χ0v) is 18.4. The molecule has 0 aliphatic carbocycles. The molecule has 3 aromatic rings. The molecular weight excluding hydrogens is 465 g/mol. The highest BCUT2D eigenvalue weighted by molar-refractivity contribution is 6.43. The number of rotatable bonds is 7. The number of carbonyl (C=O) groups excluding carboxylic acids is 2. The van der Waals surface area contributed by atoms with Crippen LogP contribution in [0.2, 0.25) is 15.1 Å². The Bertz CT molecular complexity index is 1110. The van der Waals surface area contributed by atoms with Gasteiger partial charge in [0.25, 0.3) is 11.8 Å². The van der Waals surface area contributed by atoms with Gasteiger partial charge in [-0.25, -0.2) is 5.43 Å². The first-order chi connectivity index (χ1) is 14.8. The maximum atomic E-state index is 12.0. The number of furan rings is 1. The van der Waals surface area contributed by atoms with Crippen molar-refractivity contribution in [1.29, 1.82) is 0 Å². The standard InChI is InChI=1S/C21H16Cl3N3O4/c1-12(13-4-6-14(7-5-13)25-21(29)18-3-2-8-30-18)26-27-20(28)11-31-19-10-16(23)15(22)9-17(19)24/h2-10H,11H2,1H3,(H,25,29)(H,27,28)/b26-12-. The number of carbonyl (C=O) groups is 2. The highest BCUT2D eigenvalue weighted by Crippen LogP contribution is 2.33. The third kappa shape index (κ3) is 6.24. The van der Waals surface area contributed by atoms with Crippen molar-refractivity contribution in [1.82, 2.24) is 5.43 Å². The van der Waals surface area contributed by atoms with Gasteiger partial charge in [-0.2, -0.15) is 5.10 Å². The molecule has 0 radical (unpaired) electrons. The monoisotopic (exact) mass is 479 g/mol. The van der Waals surface area contributed by atoms with Gasteiger partial charge in [-0.05, 0) is 42.8 Å². The van der Waals surface area contributed by atoms with Gasteiger partial charge in [0, 0.05) is 11.8 Å². The third-order valence-electron chi connectivity index (χ3n) is 3.99. The maximum absolute atomic E-state index is 12.0. The quantitative estimate of drug-likeness (QED) is 0.269. The van der Waals surface area contributed by atoms with E-state index < -0.39 is 5.91 Å². The molecule has 1 aromatic heterocycles. The van der Waals surface area contributed by atoms with Gasteiger partial charge in [0.1, 0.15) is 5.75 Å². The molecule has 2 amide bonds. The molecule has 0 fully saturated rings. The molecule has 2 aromatic carbocycles. The molecule has 0 spiro atoms. The van der Waals surface area contributed by atoms with Crippen LogP contribution in [0.4, 0.5) is 5.69 Å². The largest absolute Gasteiger partial charge is 0.482 e. The summed E-state index contributed by atoms with van der Waals surface area (Å²) in [4.78, 5) is 24.0. The fourth-order valence-electron chi connectivity index (χ4n) is 2.40. The SMILES string of the molecule is C/C(=N/NC(=O)COc1cc(Cl)c(Cl)cc1Cl)c1ccc(NC(=O)c2ccco2)cc1. The Hall–Kier alpha value is -3.00. The van der Waals surface area contributed by atoms with Gasteiger partial charge in [0.05, 0.1) is 27.0 Å². The molecule has 7 nitrogen and oxygen atoms in total. The van der Waals surface area contributed by atoms with Crippen LogP contribution in [0, 0.1) is 0 Å². The van der Waals surface area contributed by atoms with Gasteiger partial charge in [-0.3, -0.25) is 9.59 Å². The molecule has 0 unspecified atom stereocenters. The van der Waals surface area contributed by atoms with Crippen LogP contribution in [0.3, 0.4) is 0 Å². The molecule has 0 saturated heterocycles. The number of nitrogens with zero attached hydrogens (tertiary/aromatic N) is 1. The van der Waals surface area contributed by atoms with Crippen molar-refractivity contribution in [2.75, 3.05) is 11.9 Å². The van der Waals surface area contributed by atoms with Crippen LogP contribution in [0.25, 0.3) is 0 Å². The Balaban J connectivity index is 1.53. The van der Waals surface area contributed by atoms with E-state index in [0.29, 0.717) is 11.4 Å².